The monoisotopic (exact) mass is 264 g/mol. The Balaban J connectivity index is 2.26. The molecular weight excluding hydrogens is 252 g/mol. The lowest BCUT2D eigenvalue weighted by Crippen LogP contribution is -2.20. The van der Waals surface area contributed by atoms with E-state index in [0.717, 1.165) is 5.56 Å². The molecular formula is C13H13ClN2O2. The van der Waals surface area contributed by atoms with E-state index in [2.05, 4.69) is 0 Å². The molecule has 0 radical (unpaired) electrons. The van der Waals surface area contributed by atoms with Crippen LogP contribution in [0.3, 0.4) is 0 Å². The van der Waals surface area contributed by atoms with Crippen LogP contribution in [0, 0.1) is 0 Å². The van der Waals surface area contributed by atoms with Crippen LogP contribution in [0.15, 0.2) is 40.8 Å². The van der Waals surface area contributed by atoms with Crippen LogP contribution >= 0.6 is 11.6 Å². The minimum atomic E-state index is -0.529. The molecule has 18 heavy (non-hydrogen) atoms. The van der Waals surface area contributed by atoms with E-state index in [1.54, 1.807) is 18.2 Å². The van der Waals surface area contributed by atoms with E-state index in [0.29, 0.717) is 16.5 Å². The van der Waals surface area contributed by atoms with Crippen molar-refractivity contribution in [3.63, 3.8) is 0 Å². The minimum absolute atomic E-state index is 0.0511. The second-order valence-electron chi connectivity index (χ2n) is 3.96. The third-order valence-corrected chi connectivity index (χ3v) is 2.88. The number of hydrogen-bond acceptors (Lipinski definition) is 3. The minimum Gasteiger partial charge on any atom is -0.459 e. The molecule has 0 fully saturated rings. The lowest BCUT2D eigenvalue weighted by molar-refractivity contribution is -0.118. The van der Waals surface area contributed by atoms with Gasteiger partial charge in [-0.25, -0.2) is 0 Å². The van der Waals surface area contributed by atoms with Crippen LogP contribution in [0.25, 0.3) is 11.3 Å². The van der Waals surface area contributed by atoms with Crippen LogP contribution in [0.4, 0.5) is 0 Å². The van der Waals surface area contributed by atoms with Gasteiger partial charge < -0.3 is 15.9 Å². The molecule has 5 heteroatoms. The summed E-state index contributed by atoms with van der Waals surface area (Å²) < 4.78 is 5.60. The van der Waals surface area contributed by atoms with Gasteiger partial charge in [0.25, 0.3) is 0 Å². The summed E-state index contributed by atoms with van der Waals surface area (Å²) in [5.74, 6) is 0.678. The Bertz CT molecular complexity index is 566. The number of halogens is 1. The summed E-state index contributed by atoms with van der Waals surface area (Å²) in [4.78, 5) is 10.8. The first kappa shape index (κ1) is 12.7. The van der Waals surface area contributed by atoms with Gasteiger partial charge >= 0.3 is 0 Å². The number of benzene rings is 1. The predicted octanol–water partition coefficient (Wildman–Crippen LogP) is 2.48. The van der Waals surface area contributed by atoms with Crippen LogP contribution in [-0.2, 0) is 4.79 Å². The zero-order valence-electron chi connectivity index (χ0n) is 9.60. The van der Waals surface area contributed by atoms with Crippen molar-refractivity contribution in [2.45, 2.75) is 12.5 Å². The molecule has 0 aliphatic heterocycles. The number of furan rings is 1. The highest BCUT2D eigenvalue weighted by atomic mass is 35.5. The van der Waals surface area contributed by atoms with Crippen molar-refractivity contribution < 1.29 is 9.21 Å². The van der Waals surface area contributed by atoms with Crippen LogP contribution in [0.1, 0.15) is 18.2 Å². The summed E-state index contributed by atoms with van der Waals surface area (Å²) in [6, 6.07) is 10.3. The Hall–Kier alpha value is -1.78. The van der Waals surface area contributed by atoms with Crippen molar-refractivity contribution >= 4 is 17.5 Å². The average molecular weight is 265 g/mol. The van der Waals surface area contributed by atoms with Gasteiger partial charge in [-0.05, 0) is 24.3 Å². The second kappa shape index (κ2) is 5.25. The molecule has 1 amide bonds. The molecule has 2 rings (SSSR count). The predicted molar refractivity (Wildman–Crippen MR) is 69.9 cm³/mol. The molecule has 1 aromatic carbocycles. The number of amides is 1. The molecule has 0 aliphatic rings. The SMILES string of the molecule is NC(=O)C[C@H](N)c1ccc(-c2ccccc2Cl)o1. The highest BCUT2D eigenvalue weighted by Crippen LogP contribution is 2.30. The topological polar surface area (TPSA) is 82.2 Å². The van der Waals surface area contributed by atoms with Gasteiger partial charge in [-0.2, -0.15) is 0 Å². The first-order valence-corrected chi connectivity index (χ1v) is 5.84. The molecule has 0 unspecified atom stereocenters. The zero-order chi connectivity index (χ0) is 13.1. The van der Waals surface area contributed by atoms with Gasteiger partial charge in [0, 0.05) is 12.0 Å². The molecule has 0 aliphatic carbocycles. The molecule has 0 saturated heterocycles. The van der Waals surface area contributed by atoms with Crippen molar-refractivity contribution in [3.8, 4) is 11.3 Å². The first-order chi connectivity index (χ1) is 8.58. The molecule has 1 atom stereocenters. The number of rotatable bonds is 4. The zero-order valence-corrected chi connectivity index (χ0v) is 10.4. The lowest BCUT2D eigenvalue weighted by atomic mass is 10.1. The number of carbonyl (C=O) groups excluding carboxylic acids is 1. The van der Waals surface area contributed by atoms with Gasteiger partial charge in [0.15, 0.2) is 0 Å². The fourth-order valence-electron chi connectivity index (χ4n) is 1.68. The van der Waals surface area contributed by atoms with E-state index in [4.69, 9.17) is 27.5 Å². The molecule has 2 aromatic rings. The number of hydrogen-bond donors (Lipinski definition) is 2. The Morgan fingerprint density at radius 3 is 2.67 bits per heavy atom. The van der Waals surface area contributed by atoms with E-state index in [-0.39, 0.29) is 6.42 Å². The Morgan fingerprint density at radius 2 is 2.00 bits per heavy atom. The van der Waals surface area contributed by atoms with Gasteiger partial charge in [0.1, 0.15) is 11.5 Å². The number of nitrogens with two attached hydrogens (primary N) is 2. The van der Waals surface area contributed by atoms with Crippen LogP contribution in [0.2, 0.25) is 5.02 Å². The average Bonchev–Trinajstić information content (AvgIpc) is 2.78. The number of primary amides is 1. The Morgan fingerprint density at radius 1 is 1.28 bits per heavy atom. The summed E-state index contributed by atoms with van der Waals surface area (Å²) in [7, 11) is 0. The lowest BCUT2D eigenvalue weighted by Gasteiger charge is -2.05. The van der Waals surface area contributed by atoms with E-state index in [9.17, 15) is 4.79 Å². The summed E-state index contributed by atoms with van der Waals surface area (Å²) >= 11 is 6.07. The van der Waals surface area contributed by atoms with Crippen molar-refractivity contribution in [3.05, 3.63) is 47.2 Å². The van der Waals surface area contributed by atoms with E-state index < -0.39 is 11.9 Å². The van der Waals surface area contributed by atoms with Gasteiger partial charge in [-0.3, -0.25) is 4.79 Å². The van der Waals surface area contributed by atoms with E-state index in [1.807, 2.05) is 18.2 Å². The van der Waals surface area contributed by atoms with E-state index in [1.165, 1.54) is 0 Å². The largest absolute Gasteiger partial charge is 0.459 e. The molecule has 0 bridgehead atoms. The number of carbonyl (C=O) groups is 1. The molecule has 1 heterocycles. The fraction of sp³-hybridized carbons (Fsp3) is 0.154. The van der Waals surface area contributed by atoms with Crippen LogP contribution < -0.4 is 11.5 Å². The Kier molecular flexibility index (Phi) is 3.69. The van der Waals surface area contributed by atoms with Crippen molar-refractivity contribution in [1.29, 1.82) is 0 Å². The van der Waals surface area contributed by atoms with Gasteiger partial charge in [-0.15, -0.1) is 0 Å². The van der Waals surface area contributed by atoms with Crippen LogP contribution in [0.5, 0.6) is 0 Å². The summed E-state index contributed by atoms with van der Waals surface area (Å²) in [5, 5.41) is 0.599. The molecule has 4 N–H and O–H groups in total. The molecule has 1 aromatic heterocycles. The first-order valence-electron chi connectivity index (χ1n) is 5.46. The normalized spacial score (nSPS) is 12.3. The fourth-order valence-corrected chi connectivity index (χ4v) is 1.90. The molecule has 0 saturated carbocycles. The van der Waals surface area contributed by atoms with Crippen LogP contribution in [-0.4, -0.2) is 5.91 Å². The smallest absolute Gasteiger partial charge is 0.219 e. The summed E-state index contributed by atoms with van der Waals surface area (Å²) in [5.41, 5.74) is 11.7. The summed E-state index contributed by atoms with van der Waals surface area (Å²) in [6.07, 6.45) is 0.0511. The maximum Gasteiger partial charge on any atom is 0.219 e. The maximum atomic E-state index is 10.8. The van der Waals surface area contributed by atoms with Gasteiger partial charge in [0.05, 0.1) is 11.1 Å². The van der Waals surface area contributed by atoms with Crippen molar-refractivity contribution in [1.82, 2.24) is 0 Å². The summed E-state index contributed by atoms with van der Waals surface area (Å²) in [6.45, 7) is 0. The Labute approximate surface area is 110 Å². The highest BCUT2D eigenvalue weighted by Gasteiger charge is 2.15. The van der Waals surface area contributed by atoms with E-state index >= 15 is 0 Å². The maximum absolute atomic E-state index is 10.8. The standard InChI is InChI=1S/C13H13ClN2O2/c14-9-4-2-1-3-8(9)11-5-6-12(18-11)10(15)7-13(16)17/h1-6,10H,7,15H2,(H2,16,17)/t10-/m0/s1. The van der Waals surface area contributed by atoms with Crippen molar-refractivity contribution in [2.75, 3.05) is 0 Å². The molecule has 4 nitrogen and oxygen atoms in total. The quantitative estimate of drug-likeness (QED) is 0.890. The third-order valence-electron chi connectivity index (χ3n) is 2.55. The third kappa shape index (κ3) is 2.72. The van der Waals surface area contributed by atoms with Gasteiger partial charge in [-0.1, -0.05) is 23.7 Å². The van der Waals surface area contributed by atoms with Gasteiger partial charge in [0.2, 0.25) is 5.91 Å². The highest BCUT2D eigenvalue weighted by molar-refractivity contribution is 6.33. The molecule has 0 spiro atoms. The second-order valence-corrected chi connectivity index (χ2v) is 4.37. The molecule has 94 valence electrons. The van der Waals surface area contributed by atoms with Crippen molar-refractivity contribution in [2.24, 2.45) is 11.5 Å².